The van der Waals surface area contributed by atoms with Crippen LogP contribution in [0.3, 0.4) is 0 Å². The van der Waals surface area contributed by atoms with Gasteiger partial charge in [0.05, 0.1) is 24.0 Å². The van der Waals surface area contributed by atoms with E-state index < -0.39 is 11.4 Å². The molecule has 1 heterocycles. The van der Waals surface area contributed by atoms with Gasteiger partial charge in [0.2, 0.25) is 0 Å². The zero-order chi connectivity index (χ0) is 19.8. The molecule has 0 aliphatic heterocycles. The highest BCUT2D eigenvalue weighted by Crippen LogP contribution is 2.30. The second kappa shape index (κ2) is 7.60. The highest BCUT2D eigenvalue weighted by atomic mass is 79.9. The maximum absolute atomic E-state index is 14.4. The van der Waals surface area contributed by atoms with E-state index in [9.17, 15) is 14.3 Å². The van der Waals surface area contributed by atoms with Crippen LogP contribution in [0.25, 0.3) is 11.0 Å². The lowest BCUT2D eigenvalue weighted by Crippen LogP contribution is -2.22. The van der Waals surface area contributed by atoms with Crippen LogP contribution in [0.2, 0.25) is 5.02 Å². The number of fused-ring (bicyclic) bond motifs is 1. The number of carboxylic acids is 1. The van der Waals surface area contributed by atoms with E-state index in [1.54, 1.807) is 24.3 Å². The molecule has 0 aliphatic rings. The number of rotatable bonds is 6. The number of halogens is 3. The Bertz CT molecular complexity index is 1020. The van der Waals surface area contributed by atoms with Gasteiger partial charge in [-0.15, -0.1) is 0 Å². The average molecular weight is 454 g/mol. The molecular weight excluding hydrogens is 435 g/mol. The molecule has 0 saturated carbocycles. The Morgan fingerprint density at radius 3 is 2.70 bits per heavy atom. The van der Waals surface area contributed by atoms with Gasteiger partial charge in [0.15, 0.2) is 0 Å². The maximum Gasteiger partial charge on any atom is 0.303 e. The molecule has 0 radical (unpaired) electrons. The topological polar surface area (TPSA) is 55.1 Å². The Morgan fingerprint density at radius 1 is 1.30 bits per heavy atom. The Balaban J connectivity index is 2.06. The van der Waals surface area contributed by atoms with E-state index in [1.165, 1.54) is 6.07 Å². The summed E-state index contributed by atoms with van der Waals surface area (Å²) in [4.78, 5) is 15.8. The first-order valence-electron chi connectivity index (χ1n) is 8.45. The first kappa shape index (κ1) is 19.8. The number of hydrogen-bond donors (Lipinski definition) is 1. The molecule has 0 atom stereocenters. The normalized spacial score (nSPS) is 11.9. The Kier molecular flexibility index (Phi) is 5.58. The molecule has 3 rings (SSSR count). The molecule has 0 aliphatic carbocycles. The fraction of sp³-hybridized carbons (Fsp3) is 0.300. The summed E-state index contributed by atoms with van der Waals surface area (Å²) in [7, 11) is 0. The third kappa shape index (κ3) is 4.68. The summed E-state index contributed by atoms with van der Waals surface area (Å²) in [5.74, 6) is -0.457. The first-order chi connectivity index (χ1) is 12.6. The smallest absolute Gasteiger partial charge is 0.303 e. The van der Waals surface area contributed by atoms with Crippen molar-refractivity contribution >= 4 is 44.5 Å². The van der Waals surface area contributed by atoms with Crippen molar-refractivity contribution in [3.8, 4) is 0 Å². The van der Waals surface area contributed by atoms with Gasteiger partial charge in [-0.1, -0.05) is 47.4 Å². The summed E-state index contributed by atoms with van der Waals surface area (Å²) in [6.07, 6.45) is 0.466. The third-order valence-corrected chi connectivity index (χ3v) is 5.13. The van der Waals surface area contributed by atoms with E-state index in [-0.39, 0.29) is 12.2 Å². The lowest BCUT2D eigenvalue weighted by atomic mass is 9.85. The largest absolute Gasteiger partial charge is 0.481 e. The van der Waals surface area contributed by atoms with Crippen LogP contribution < -0.4 is 0 Å². The minimum Gasteiger partial charge on any atom is -0.481 e. The van der Waals surface area contributed by atoms with Crippen molar-refractivity contribution in [1.82, 2.24) is 9.55 Å². The molecule has 0 amide bonds. The predicted molar refractivity (Wildman–Crippen MR) is 108 cm³/mol. The van der Waals surface area contributed by atoms with Gasteiger partial charge >= 0.3 is 5.97 Å². The molecule has 0 spiro atoms. The van der Waals surface area contributed by atoms with Crippen LogP contribution >= 0.6 is 27.5 Å². The Labute approximate surface area is 170 Å². The van der Waals surface area contributed by atoms with Crippen molar-refractivity contribution < 1.29 is 14.3 Å². The zero-order valence-electron chi connectivity index (χ0n) is 15.0. The predicted octanol–water partition coefficient (Wildman–Crippen LogP) is 5.68. The molecule has 142 valence electrons. The summed E-state index contributed by atoms with van der Waals surface area (Å²) >= 11 is 9.36. The molecule has 0 bridgehead atoms. The monoisotopic (exact) mass is 452 g/mol. The summed E-state index contributed by atoms with van der Waals surface area (Å²) in [6, 6.07) is 10.3. The quantitative estimate of drug-likeness (QED) is 0.522. The average Bonchev–Trinajstić information content (AvgIpc) is 2.84. The Morgan fingerprint density at radius 2 is 2.04 bits per heavy atom. The van der Waals surface area contributed by atoms with E-state index in [4.69, 9.17) is 11.6 Å². The highest BCUT2D eigenvalue weighted by molar-refractivity contribution is 9.10. The molecule has 2 aromatic carbocycles. The Hall–Kier alpha value is -1.92. The van der Waals surface area contributed by atoms with Crippen LogP contribution in [0.15, 0.2) is 40.9 Å². The number of nitrogens with zero attached hydrogens (tertiary/aromatic N) is 2. The number of benzene rings is 2. The van der Waals surface area contributed by atoms with E-state index in [0.29, 0.717) is 39.4 Å². The van der Waals surface area contributed by atoms with Crippen molar-refractivity contribution in [2.45, 2.75) is 33.2 Å². The zero-order valence-corrected chi connectivity index (χ0v) is 17.3. The number of imidazole rings is 1. The lowest BCUT2D eigenvalue weighted by Gasteiger charge is -2.22. The van der Waals surface area contributed by atoms with Gasteiger partial charge in [-0.05, 0) is 35.7 Å². The minimum atomic E-state index is -0.857. The van der Waals surface area contributed by atoms with E-state index in [2.05, 4.69) is 20.9 Å². The standard InChI is InChI=1S/C20H19BrClFN2O2/c1-20(2,10-19(26)27)9-18-24-16-8-14(22)5-6-17(16)25(18)11-12-3-4-13(21)7-15(12)23/h3-8H,9-11H2,1-2H3,(H,26,27). The summed E-state index contributed by atoms with van der Waals surface area (Å²) in [5, 5.41) is 9.74. The molecule has 0 unspecified atom stereocenters. The fourth-order valence-electron chi connectivity index (χ4n) is 3.18. The van der Waals surface area contributed by atoms with Crippen molar-refractivity contribution in [1.29, 1.82) is 0 Å². The van der Waals surface area contributed by atoms with Crippen LogP contribution in [0, 0.1) is 11.2 Å². The molecule has 27 heavy (non-hydrogen) atoms. The van der Waals surface area contributed by atoms with E-state index in [1.807, 2.05) is 24.5 Å². The second-order valence-electron chi connectivity index (χ2n) is 7.39. The van der Waals surface area contributed by atoms with Gasteiger partial charge in [0.25, 0.3) is 0 Å². The van der Waals surface area contributed by atoms with Crippen LogP contribution in [-0.2, 0) is 17.8 Å². The number of hydrogen-bond acceptors (Lipinski definition) is 2. The van der Waals surface area contributed by atoms with Crippen molar-refractivity contribution in [2.75, 3.05) is 0 Å². The molecule has 1 N–H and O–H groups in total. The fourth-order valence-corrected chi connectivity index (χ4v) is 3.68. The molecule has 4 nitrogen and oxygen atoms in total. The van der Waals surface area contributed by atoms with Crippen molar-refractivity contribution in [2.24, 2.45) is 5.41 Å². The highest BCUT2D eigenvalue weighted by Gasteiger charge is 2.26. The van der Waals surface area contributed by atoms with Gasteiger partial charge in [0.1, 0.15) is 11.6 Å². The molecule has 0 fully saturated rings. The lowest BCUT2D eigenvalue weighted by molar-refractivity contribution is -0.139. The van der Waals surface area contributed by atoms with E-state index >= 15 is 0 Å². The molecule has 7 heteroatoms. The van der Waals surface area contributed by atoms with Crippen LogP contribution in [0.1, 0.15) is 31.7 Å². The number of aromatic nitrogens is 2. The van der Waals surface area contributed by atoms with Gasteiger partial charge in [-0.2, -0.15) is 0 Å². The second-order valence-corrected chi connectivity index (χ2v) is 8.75. The van der Waals surface area contributed by atoms with Crippen LogP contribution in [0.4, 0.5) is 4.39 Å². The van der Waals surface area contributed by atoms with Gasteiger partial charge < -0.3 is 9.67 Å². The summed E-state index contributed by atoms with van der Waals surface area (Å²) in [6.45, 7) is 4.08. The van der Waals surface area contributed by atoms with Crippen LogP contribution in [-0.4, -0.2) is 20.6 Å². The van der Waals surface area contributed by atoms with E-state index in [0.717, 1.165) is 5.52 Å². The van der Waals surface area contributed by atoms with Crippen molar-refractivity contribution in [3.63, 3.8) is 0 Å². The number of aliphatic carboxylic acids is 1. The van der Waals surface area contributed by atoms with Crippen LogP contribution in [0.5, 0.6) is 0 Å². The van der Waals surface area contributed by atoms with Crippen molar-refractivity contribution in [3.05, 3.63) is 63.1 Å². The maximum atomic E-state index is 14.4. The number of carboxylic acid groups (broad SMARTS) is 1. The molecule has 1 aromatic heterocycles. The molecular formula is C20H19BrClFN2O2. The minimum absolute atomic E-state index is 0.0175. The van der Waals surface area contributed by atoms with Gasteiger partial charge in [-0.3, -0.25) is 4.79 Å². The molecule has 3 aromatic rings. The summed E-state index contributed by atoms with van der Waals surface area (Å²) in [5.41, 5.74) is 1.58. The third-order valence-electron chi connectivity index (χ3n) is 4.40. The summed E-state index contributed by atoms with van der Waals surface area (Å²) < 4.78 is 17.0. The first-order valence-corrected chi connectivity index (χ1v) is 9.62. The van der Waals surface area contributed by atoms with Gasteiger partial charge in [-0.25, -0.2) is 9.37 Å². The molecule has 0 saturated heterocycles. The number of carbonyl (C=O) groups is 1. The SMILES string of the molecule is CC(C)(CC(=O)O)Cc1nc2cc(Cl)ccc2n1Cc1ccc(Br)cc1F. The van der Waals surface area contributed by atoms with Gasteiger partial charge in [0, 0.05) is 21.5 Å².